The molecule has 0 aromatic heterocycles. The Morgan fingerprint density at radius 3 is 1.94 bits per heavy atom. The van der Waals surface area contributed by atoms with Gasteiger partial charge in [-0.1, -0.05) is 27.2 Å². The van der Waals surface area contributed by atoms with Crippen molar-refractivity contribution in [3.63, 3.8) is 0 Å². The van der Waals surface area contributed by atoms with Crippen LogP contribution in [0.15, 0.2) is 0 Å². The van der Waals surface area contributed by atoms with Gasteiger partial charge < -0.3 is 20.3 Å². The van der Waals surface area contributed by atoms with Crippen LogP contribution < -0.4 is 0 Å². The summed E-state index contributed by atoms with van der Waals surface area (Å²) < 4.78 is 0. The average molecular weight is 258 g/mol. The van der Waals surface area contributed by atoms with Crippen LogP contribution in [-0.4, -0.2) is 38.6 Å². The van der Waals surface area contributed by atoms with E-state index in [1.807, 2.05) is 6.92 Å². The van der Waals surface area contributed by atoms with Gasteiger partial charge in [-0.15, -0.1) is 0 Å². The third-order valence-corrected chi connectivity index (χ3v) is 5.05. The normalized spacial score (nSPS) is 40.3. The summed E-state index contributed by atoms with van der Waals surface area (Å²) >= 11 is 0. The standard InChI is InChI=1S/C10H18O2.C3H9BO2/c1-8(2)7-4-5-9(3,11)10(8,12)6-7;1-2-3-4(5)6/h7,11-12H,4-6H2,1-3H3;5-6H,2-3H2,1H3. The number of hydrogen-bond donors (Lipinski definition) is 4. The Kier molecular flexibility index (Phi) is 4.54. The molecule has 3 unspecified atom stereocenters. The summed E-state index contributed by atoms with van der Waals surface area (Å²) in [6, 6.07) is 0. The molecule has 5 heteroatoms. The Morgan fingerprint density at radius 1 is 1.17 bits per heavy atom. The molecule has 3 aliphatic carbocycles. The van der Waals surface area contributed by atoms with E-state index < -0.39 is 18.3 Å². The van der Waals surface area contributed by atoms with Crippen molar-refractivity contribution in [2.45, 2.75) is 70.9 Å². The molecule has 3 atom stereocenters. The molecule has 3 rings (SSSR count). The largest absolute Gasteiger partial charge is 0.451 e. The minimum atomic E-state index is -1.10. The molecule has 0 radical (unpaired) electrons. The summed E-state index contributed by atoms with van der Waals surface area (Å²) in [5.74, 6) is 0.614. The number of fused-ring (bicyclic) bond motifs is 2. The third-order valence-electron chi connectivity index (χ3n) is 5.05. The van der Waals surface area contributed by atoms with Crippen molar-refractivity contribution in [2.75, 3.05) is 0 Å². The molecule has 0 aromatic carbocycles. The lowest BCUT2D eigenvalue weighted by atomic mass is 9.41. The summed E-state index contributed by atoms with van der Waals surface area (Å²) in [5.41, 5.74) is -1.79. The van der Waals surface area contributed by atoms with Crippen LogP contribution in [0.5, 0.6) is 0 Å². The summed E-state index contributed by atoms with van der Waals surface area (Å²) in [6.07, 6.45) is 3.91. The molecule has 2 bridgehead atoms. The number of rotatable bonds is 2. The highest BCUT2D eigenvalue weighted by Crippen LogP contribution is 2.65. The maximum absolute atomic E-state index is 10.2. The van der Waals surface area contributed by atoms with E-state index >= 15 is 0 Å². The van der Waals surface area contributed by atoms with E-state index in [0.717, 1.165) is 25.7 Å². The fraction of sp³-hybridized carbons (Fsp3) is 1.00. The molecular weight excluding hydrogens is 231 g/mol. The van der Waals surface area contributed by atoms with Crippen molar-refractivity contribution in [1.29, 1.82) is 0 Å². The monoisotopic (exact) mass is 258 g/mol. The highest BCUT2D eigenvalue weighted by molar-refractivity contribution is 6.40. The first-order valence-corrected chi connectivity index (χ1v) is 6.89. The molecule has 4 nitrogen and oxygen atoms in total. The highest BCUT2D eigenvalue weighted by atomic mass is 16.4. The second-order valence-corrected chi connectivity index (χ2v) is 6.56. The van der Waals surface area contributed by atoms with Gasteiger partial charge in [0.05, 0.1) is 11.2 Å². The number of aliphatic hydroxyl groups is 2. The van der Waals surface area contributed by atoms with Crippen LogP contribution in [-0.2, 0) is 0 Å². The lowest BCUT2D eigenvalue weighted by Crippen LogP contribution is -2.74. The van der Waals surface area contributed by atoms with E-state index in [-0.39, 0.29) is 5.41 Å². The summed E-state index contributed by atoms with van der Waals surface area (Å²) in [4.78, 5) is 0. The maximum atomic E-state index is 10.2. The molecule has 0 spiro atoms. The molecule has 4 N–H and O–H groups in total. The fourth-order valence-corrected chi connectivity index (χ4v) is 3.38. The van der Waals surface area contributed by atoms with Crippen molar-refractivity contribution in [2.24, 2.45) is 11.3 Å². The van der Waals surface area contributed by atoms with Crippen LogP contribution in [0.25, 0.3) is 0 Å². The van der Waals surface area contributed by atoms with E-state index in [2.05, 4.69) is 13.8 Å². The van der Waals surface area contributed by atoms with E-state index in [4.69, 9.17) is 10.0 Å². The molecular formula is C13H27BO4. The Hall–Kier alpha value is -0.0951. The van der Waals surface area contributed by atoms with Crippen molar-refractivity contribution in [3.8, 4) is 0 Å². The predicted molar refractivity (Wildman–Crippen MR) is 72.0 cm³/mol. The Bertz CT molecular complexity index is 281. The van der Waals surface area contributed by atoms with Gasteiger partial charge in [0.15, 0.2) is 0 Å². The van der Waals surface area contributed by atoms with Crippen molar-refractivity contribution < 1.29 is 20.3 Å². The molecule has 0 heterocycles. The lowest BCUT2D eigenvalue weighted by Gasteiger charge is -2.68. The molecule has 18 heavy (non-hydrogen) atoms. The molecule has 0 amide bonds. The van der Waals surface area contributed by atoms with Crippen LogP contribution in [0, 0.1) is 11.3 Å². The average Bonchev–Trinajstić information content (AvgIpc) is 2.22. The van der Waals surface area contributed by atoms with Gasteiger partial charge in [-0.2, -0.15) is 0 Å². The van der Waals surface area contributed by atoms with Gasteiger partial charge in [-0.05, 0) is 43.8 Å². The number of hydrogen-bond acceptors (Lipinski definition) is 4. The zero-order valence-electron chi connectivity index (χ0n) is 12.0. The zero-order valence-corrected chi connectivity index (χ0v) is 12.0. The quantitative estimate of drug-likeness (QED) is 0.561. The van der Waals surface area contributed by atoms with Gasteiger partial charge in [0.1, 0.15) is 0 Å². The summed E-state index contributed by atoms with van der Waals surface area (Å²) in [6.45, 7) is 7.80. The Labute approximate surface area is 110 Å². The van der Waals surface area contributed by atoms with Crippen molar-refractivity contribution >= 4 is 7.12 Å². The molecule has 0 aromatic rings. The minimum absolute atomic E-state index is 0.0885. The fourth-order valence-electron chi connectivity index (χ4n) is 3.38. The van der Waals surface area contributed by atoms with Crippen LogP contribution in [0.4, 0.5) is 0 Å². The third kappa shape index (κ3) is 2.46. The first-order valence-electron chi connectivity index (χ1n) is 6.89. The van der Waals surface area contributed by atoms with E-state index in [9.17, 15) is 10.2 Å². The van der Waals surface area contributed by atoms with E-state index in [1.165, 1.54) is 0 Å². The zero-order chi connectivity index (χ0) is 14.2. The van der Waals surface area contributed by atoms with Crippen molar-refractivity contribution in [1.82, 2.24) is 0 Å². The van der Waals surface area contributed by atoms with Gasteiger partial charge in [0.2, 0.25) is 0 Å². The van der Waals surface area contributed by atoms with Gasteiger partial charge in [0.25, 0.3) is 0 Å². The van der Waals surface area contributed by atoms with Crippen molar-refractivity contribution in [3.05, 3.63) is 0 Å². The minimum Gasteiger partial charge on any atom is -0.427 e. The maximum Gasteiger partial charge on any atom is 0.451 e. The molecule has 106 valence electrons. The van der Waals surface area contributed by atoms with Crippen LogP contribution in [0.1, 0.15) is 53.4 Å². The molecule has 3 aliphatic rings. The highest BCUT2D eigenvalue weighted by Gasteiger charge is 2.69. The second kappa shape index (κ2) is 5.12. The Morgan fingerprint density at radius 2 is 1.72 bits per heavy atom. The van der Waals surface area contributed by atoms with Crippen LogP contribution in [0.3, 0.4) is 0 Å². The SMILES string of the molecule is CC1(O)CCC2CC1(O)C2(C)C.CCCB(O)O. The summed E-state index contributed by atoms with van der Waals surface area (Å²) in [5, 5.41) is 36.5. The molecule has 3 saturated carbocycles. The van der Waals surface area contributed by atoms with Gasteiger partial charge in [-0.25, -0.2) is 0 Å². The van der Waals surface area contributed by atoms with Crippen LogP contribution in [0.2, 0.25) is 6.32 Å². The van der Waals surface area contributed by atoms with E-state index in [0.29, 0.717) is 12.2 Å². The first kappa shape index (κ1) is 16.0. The molecule has 3 fully saturated rings. The van der Waals surface area contributed by atoms with Gasteiger partial charge in [-0.3, -0.25) is 0 Å². The predicted octanol–water partition coefficient (Wildman–Crippen LogP) is 1.18. The van der Waals surface area contributed by atoms with Crippen LogP contribution >= 0.6 is 0 Å². The lowest BCUT2D eigenvalue weighted by molar-refractivity contribution is -0.312. The Balaban J connectivity index is 0.000000232. The smallest absolute Gasteiger partial charge is 0.427 e. The van der Waals surface area contributed by atoms with Gasteiger partial charge in [0, 0.05) is 0 Å². The summed E-state index contributed by atoms with van der Waals surface area (Å²) in [7, 11) is -1.10. The first-order chi connectivity index (χ1) is 8.08. The second-order valence-electron chi connectivity index (χ2n) is 6.56. The van der Waals surface area contributed by atoms with E-state index in [1.54, 1.807) is 6.92 Å². The topological polar surface area (TPSA) is 80.9 Å². The molecule has 0 aliphatic heterocycles. The molecule has 0 saturated heterocycles. The van der Waals surface area contributed by atoms with Gasteiger partial charge >= 0.3 is 7.12 Å².